The minimum atomic E-state index is -0.235. The van der Waals surface area contributed by atoms with Gasteiger partial charge in [0, 0.05) is 47.2 Å². The first-order valence-corrected chi connectivity index (χ1v) is 14.1. The molecule has 7 heteroatoms. The number of hydrogen-bond acceptors (Lipinski definition) is 4. The zero-order valence-corrected chi connectivity index (χ0v) is 22.9. The van der Waals surface area contributed by atoms with Crippen molar-refractivity contribution in [1.82, 2.24) is 29.8 Å². The molecule has 0 atom stereocenters. The van der Waals surface area contributed by atoms with Gasteiger partial charge in [0.15, 0.2) is 0 Å². The molecule has 6 aromatic rings. The Morgan fingerprint density at radius 3 is 2.39 bits per heavy atom. The summed E-state index contributed by atoms with van der Waals surface area (Å²) in [5.74, 6) is 1.94. The van der Waals surface area contributed by atoms with Gasteiger partial charge in [-0.2, -0.15) is 0 Å². The average Bonchev–Trinajstić information content (AvgIpc) is 3.64. The number of piperidine rings is 1. The second-order valence-corrected chi connectivity index (χ2v) is 10.9. The van der Waals surface area contributed by atoms with Gasteiger partial charge in [-0.1, -0.05) is 54.6 Å². The number of fused-ring (bicyclic) bond motifs is 1. The van der Waals surface area contributed by atoms with Crippen molar-refractivity contribution in [1.29, 1.82) is 0 Å². The molecule has 0 aliphatic carbocycles. The summed E-state index contributed by atoms with van der Waals surface area (Å²) in [7, 11) is 0. The summed E-state index contributed by atoms with van der Waals surface area (Å²) in [4.78, 5) is 23.3. The van der Waals surface area contributed by atoms with Crippen LogP contribution in [0, 0.1) is 12.7 Å². The Hall–Kier alpha value is -4.62. The summed E-state index contributed by atoms with van der Waals surface area (Å²) in [5.41, 5.74) is 9.15. The third kappa shape index (κ3) is 5.28. The molecule has 6 nitrogen and oxygen atoms in total. The molecular formula is C34H31FN6. The van der Waals surface area contributed by atoms with Crippen molar-refractivity contribution in [2.45, 2.75) is 32.2 Å². The van der Waals surface area contributed by atoms with Crippen LogP contribution in [0.15, 0.2) is 91.3 Å². The summed E-state index contributed by atoms with van der Waals surface area (Å²) in [6, 6.07) is 26.1. The van der Waals surface area contributed by atoms with E-state index in [1.54, 1.807) is 6.07 Å². The van der Waals surface area contributed by atoms with E-state index in [4.69, 9.17) is 9.97 Å². The highest BCUT2D eigenvalue weighted by atomic mass is 19.1. The number of aryl methyl sites for hydroxylation is 1. The fourth-order valence-corrected chi connectivity index (χ4v) is 5.81. The van der Waals surface area contributed by atoms with Crippen LogP contribution >= 0.6 is 0 Å². The Morgan fingerprint density at radius 2 is 1.63 bits per heavy atom. The van der Waals surface area contributed by atoms with Crippen LogP contribution in [0.3, 0.4) is 0 Å². The zero-order valence-electron chi connectivity index (χ0n) is 22.9. The van der Waals surface area contributed by atoms with Gasteiger partial charge in [-0.3, -0.25) is 9.88 Å². The minimum Gasteiger partial charge on any atom is -0.342 e. The van der Waals surface area contributed by atoms with Crippen LogP contribution in [-0.2, 0) is 6.54 Å². The van der Waals surface area contributed by atoms with Gasteiger partial charge in [-0.05, 0) is 68.2 Å². The SMILES string of the molecule is Cc1cnc(-c2cnc(-c3ccc(CN4CCC(c5nc6ccc(F)cc6[nH]5)CC4)cc3)c(-c3ccccc3)c2)[nH]1. The van der Waals surface area contributed by atoms with Crippen LogP contribution in [0.2, 0.25) is 0 Å². The molecule has 2 N–H and O–H groups in total. The number of aromatic amines is 2. The number of nitrogens with one attached hydrogen (secondary N) is 2. The first-order chi connectivity index (χ1) is 20.1. The van der Waals surface area contributed by atoms with Gasteiger partial charge in [0.25, 0.3) is 0 Å². The van der Waals surface area contributed by atoms with Crippen LogP contribution in [0.4, 0.5) is 4.39 Å². The first kappa shape index (κ1) is 25.4. The van der Waals surface area contributed by atoms with E-state index in [1.807, 2.05) is 25.4 Å². The number of nitrogens with zero attached hydrogens (tertiary/aromatic N) is 4. The van der Waals surface area contributed by atoms with E-state index < -0.39 is 0 Å². The molecule has 204 valence electrons. The number of likely N-dealkylation sites (tertiary alicyclic amines) is 1. The van der Waals surface area contributed by atoms with Crippen LogP contribution in [0.5, 0.6) is 0 Å². The molecular weight excluding hydrogens is 511 g/mol. The van der Waals surface area contributed by atoms with E-state index in [2.05, 4.69) is 74.4 Å². The monoisotopic (exact) mass is 542 g/mol. The molecule has 0 spiro atoms. The lowest BCUT2D eigenvalue weighted by Gasteiger charge is -2.31. The average molecular weight is 543 g/mol. The van der Waals surface area contributed by atoms with E-state index in [9.17, 15) is 4.39 Å². The lowest BCUT2D eigenvalue weighted by atomic mass is 9.95. The summed E-state index contributed by atoms with van der Waals surface area (Å²) < 4.78 is 13.6. The molecule has 41 heavy (non-hydrogen) atoms. The van der Waals surface area contributed by atoms with Gasteiger partial charge >= 0.3 is 0 Å². The van der Waals surface area contributed by atoms with E-state index in [0.717, 1.165) is 88.8 Å². The van der Waals surface area contributed by atoms with E-state index >= 15 is 0 Å². The molecule has 4 heterocycles. The molecule has 7 rings (SSSR count). The lowest BCUT2D eigenvalue weighted by molar-refractivity contribution is 0.202. The molecule has 0 saturated carbocycles. The second kappa shape index (κ2) is 10.7. The number of hydrogen-bond donors (Lipinski definition) is 2. The van der Waals surface area contributed by atoms with Crippen LogP contribution in [-0.4, -0.2) is 42.9 Å². The van der Waals surface area contributed by atoms with Gasteiger partial charge in [0.1, 0.15) is 17.5 Å². The van der Waals surface area contributed by atoms with Crippen LogP contribution in [0.25, 0.3) is 44.8 Å². The number of rotatable bonds is 6. The molecule has 1 aliphatic heterocycles. The lowest BCUT2D eigenvalue weighted by Crippen LogP contribution is -2.32. The van der Waals surface area contributed by atoms with Crippen molar-refractivity contribution >= 4 is 11.0 Å². The predicted molar refractivity (Wildman–Crippen MR) is 161 cm³/mol. The Balaban J connectivity index is 1.06. The first-order valence-electron chi connectivity index (χ1n) is 14.1. The molecule has 1 saturated heterocycles. The normalized spacial score (nSPS) is 14.6. The highest BCUT2D eigenvalue weighted by Gasteiger charge is 2.23. The number of imidazole rings is 2. The summed E-state index contributed by atoms with van der Waals surface area (Å²) in [6.07, 6.45) is 5.81. The molecule has 3 aromatic carbocycles. The van der Waals surface area contributed by atoms with Crippen molar-refractivity contribution in [3.63, 3.8) is 0 Å². The second-order valence-electron chi connectivity index (χ2n) is 10.9. The Kier molecular flexibility index (Phi) is 6.65. The van der Waals surface area contributed by atoms with Crippen LogP contribution in [0.1, 0.15) is 35.8 Å². The van der Waals surface area contributed by atoms with Gasteiger partial charge < -0.3 is 9.97 Å². The van der Waals surface area contributed by atoms with Gasteiger partial charge in [0.05, 0.1) is 16.7 Å². The largest absolute Gasteiger partial charge is 0.342 e. The summed E-state index contributed by atoms with van der Waals surface area (Å²) in [6.45, 7) is 4.93. The quantitative estimate of drug-likeness (QED) is 0.228. The maximum atomic E-state index is 13.6. The molecule has 1 fully saturated rings. The van der Waals surface area contributed by atoms with E-state index in [0.29, 0.717) is 5.92 Å². The van der Waals surface area contributed by atoms with E-state index in [-0.39, 0.29) is 5.82 Å². The minimum absolute atomic E-state index is 0.235. The smallest absolute Gasteiger partial charge is 0.139 e. The standard InChI is InChI=1S/C34H31FN6/c1-22-19-37-33(38-22)27-17-29(24-5-3-2-4-6-24)32(36-20-27)25-9-7-23(8-10-25)21-41-15-13-26(14-16-41)34-39-30-12-11-28(35)18-31(30)40-34/h2-12,17-20,26H,13-16,21H2,1H3,(H,37,38)(H,39,40). The number of halogens is 1. The molecule has 0 amide bonds. The zero-order chi connectivity index (χ0) is 27.8. The molecule has 0 radical (unpaired) electrons. The molecule has 1 aliphatic rings. The topological polar surface area (TPSA) is 73.5 Å². The van der Waals surface area contributed by atoms with Gasteiger partial charge in [0.2, 0.25) is 0 Å². The van der Waals surface area contributed by atoms with Crippen molar-refractivity contribution in [3.8, 4) is 33.8 Å². The highest BCUT2D eigenvalue weighted by molar-refractivity contribution is 5.83. The molecule has 0 unspecified atom stereocenters. The fraction of sp³-hybridized carbons (Fsp3) is 0.206. The summed E-state index contributed by atoms with van der Waals surface area (Å²) >= 11 is 0. The third-order valence-electron chi connectivity index (χ3n) is 8.02. The fourth-order valence-electron chi connectivity index (χ4n) is 5.81. The number of H-pyrrole nitrogens is 2. The number of pyridine rings is 1. The van der Waals surface area contributed by atoms with Gasteiger partial charge in [-0.15, -0.1) is 0 Å². The number of benzene rings is 3. The maximum absolute atomic E-state index is 13.6. The Morgan fingerprint density at radius 1 is 0.829 bits per heavy atom. The van der Waals surface area contributed by atoms with Crippen molar-refractivity contribution < 1.29 is 4.39 Å². The van der Waals surface area contributed by atoms with Crippen LogP contribution < -0.4 is 0 Å². The molecule has 3 aromatic heterocycles. The van der Waals surface area contributed by atoms with E-state index in [1.165, 1.54) is 17.7 Å². The number of aromatic nitrogens is 5. The Bertz CT molecular complexity index is 1800. The molecule has 0 bridgehead atoms. The third-order valence-corrected chi connectivity index (χ3v) is 8.02. The van der Waals surface area contributed by atoms with Crippen molar-refractivity contribution in [2.75, 3.05) is 13.1 Å². The Labute approximate surface area is 238 Å². The van der Waals surface area contributed by atoms with Crippen molar-refractivity contribution in [2.24, 2.45) is 0 Å². The van der Waals surface area contributed by atoms with Crippen molar-refractivity contribution in [3.05, 3.63) is 114 Å². The highest BCUT2D eigenvalue weighted by Crippen LogP contribution is 2.34. The summed E-state index contributed by atoms with van der Waals surface area (Å²) in [5, 5.41) is 0. The van der Waals surface area contributed by atoms with Gasteiger partial charge in [-0.25, -0.2) is 14.4 Å². The maximum Gasteiger partial charge on any atom is 0.139 e. The predicted octanol–water partition coefficient (Wildman–Crippen LogP) is 7.51.